The fraction of sp³-hybridized carbons (Fsp3) is 0.263. The molecule has 1 amide bonds. The van der Waals surface area contributed by atoms with Crippen LogP contribution in [-0.2, 0) is 11.2 Å². The molecule has 0 aliphatic carbocycles. The molecule has 7 heteroatoms. The Bertz CT molecular complexity index is 758. The number of rotatable bonds is 9. The van der Waals surface area contributed by atoms with Crippen molar-refractivity contribution in [1.29, 1.82) is 5.26 Å². The lowest BCUT2D eigenvalue weighted by molar-refractivity contribution is -0.115. The van der Waals surface area contributed by atoms with E-state index in [0.717, 1.165) is 0 Å². The van der Waals surface area contributed by atoms with Crippen LogP contribution in [0.15, 0.2) is 48.5 Å². The number of nitriles is 1. The number of nitrogens with zero attached hydrogens (tertiary/aromatic N) is 1. The first-order chi connectivity index (χ1) is 12.6. The van der Waals surface area contributed by atoms with Crippen LogP contribution in [0.3, 0.4) is 0 Å². The topological polar surface area (TPSA) is 71.3 Å². The summed E-state index contributed by atoms with van der Waals surface area (Å²) in [6.07, 6.45) is 1.16. The number of hydrogen-bond acceptors (Lipinski definition) is 4. The van der Waals surface area contributed by atoms with Crippen molar-refractivity contribution in [3.05, 3.63) is 54.1 Å². The van der Waals surface area contributed by atoms with Crippen LogP contribution in [0, 0.1) is 11.3 Å². The fourth-order valence-corrected chi connectivity index (χ4v) is 2.18. The van der Waals surface area contributed by atoms with Crippen LogP contribution < -0.4 is 14.8 Å². The Kier molecular flexibility index (Phi) is 7.37. The van der Waals surface area contributed by atoms with E-state index in [0.29, 0.717) is 36.4 Å². The molecular weight excluding hydrogens is 342 g/mol. The summed E-state index contributed by atoms with van der Waals surface area (Å²) in [6.45, 7) is -2.45. The monoisotopic (exact) mass is 360 g/mol. The summed E-state index contributed by atoms with van der Waals surface area (Å²) in [5, 5.41) is 11.2. The van der Waals surface area contributed by atoms with Gasteiger partial charge in [-0.3, -0.25) is 4.79 Å². The number of benzene rings is 2. The van der Waals surface area contributed by atoms with Gasteiger partial charge < -0.3 is 14.8 Å². The number of hydrogen-bond donors (Lipinski definition) is 1. The van der Waals surface area contributed by atoms with Gasteiger partial charge in [0.25, 0.3) is 0 Å². The van der Waals surface area contributed by atoms with Crippen molar-refractivity contribution in [3.8, 4) is 17.6 Å². The van der Waals surface area contributed by atoms with Crippen molar-refractivity contribution in [2.45, 2.75) is 25.9 Å². The van der Waals surface area contributed by atoms with E-state index in [1.165, 1.54) is 12.1 Å². The molecule has 2 rings (SSSR count). The molecule has 0 fully saturated rings. The van der Waals surface area contributed by atoms with Crippen LogP contribution in [0.5, 0.6) is 11.5 Å². The number of anilines is 1. The second-order valence-corrected chi connectivity index (χ2v) is 5.39. The lowest BCUT2D eigenvalue weighted by atomic mass is 10.1. The highest BCUT2D eigenvalue weighted by molar-refractivity contribution is 5.92. The molecule has 0 bridgehead atoms. The number of unbranched alkanes of at least 4 members (excludes halogenated alkanes) is 1. The van der Waals surface area contributed by atoms with Gasteiger partial charge in [-0.25, -0.2) is 0 Å². The van der Waals surface area contributed by atoms with Crippen LogP contribution in [-0.4, -0.2) is 19.1 Å². The molecule has 0 aromatic heterocycles. The number of carbonyl (C=O) groups excluding carboxylic acids is 1. The highest BCUT2D eigenvalue weighted by atomic mass is 19.3. The lowest BCUT2D eigenvalue weighted by Crippen LogP contribution is -2.14. The van der Waals surface area contributed by atoms with E-state index in [1.54, 1.807) is 36.4 Å². The van der Waals surface area contributed by atoms with E-state index >= 15 is 0 Å². The van der Waals surface area contributed by atoms with Gasteiger partial charge in [-0.05, 0) is 36.2 Å². The van der Waals surface area contributed by atoms with Gasteiger partial charge in [-0.15, -0.1) is 0 Å². The van der Waals surface area contributed by atoms with Crippen molar-refractivity contribution in [3.63, 3.8) is 0 Å². The molecule has 5 nitrogen and oxygen atoms in total. The first-order valence-corrected chi connectivity index (χ1v) is 8.00. The first-order valence-electron chi connectivity index (χ1n) is 8.00. The number of amides is 1. The zero-order valence-electron chi connectivity index (χ0n) is 14.0. The highest BCUT2D eigenvalue weighted by Gasteiger charge is 2.07. The summed E-state index contributed by atoms with van der Waals surface area (Å²) in [7, 11) is 0. The lowest BCUT2D eigenvalue weighted by Gasteiger charge is -2.09. The van der Waals surface area contributed by atoms with E-state index in [-0.39, 0.29) is 18.1 Å². The van der Waals surface area contributed by atoms with Gasteiger partial charge in [0.2, 0.25) is 5.91 Å². The van der Waals surface area contributed by atoms with Crippen molar-refractivity contribution in [1.82, 2.24) is 0 Å². The maximum absolute atomic E-state index is 12.1. The smallest absolute Gasteiger partial charge is 0.387 e. The van der Waals surface area contributed by atoms with Gasteiger partial charge in [-0.2, -0.15) is 14.0 Å². The SMILES string of the molecule is N#CCCCOc1cccc(NC(=O)Cc2ccc(OC(F)F)cc2)c1. The Morgan fingerprint density at radius 3 is 2.62 bits per heavy atom. The molecule has 0 aliphatic heterocycles. The van der Waals surface area contributed by atoms with Crippen LogP contribution in [0.2, 0.25) is 0 Å². The third kappa shape index (κ3) is 6.77. The molecule has 0 unspecified atom stereocenters. The van der Waals surface area contributed by atoms with Gasteiger partial charge in [0.15, 0.2) is 0 Å². The molecule has 0 heterocycles. The maximum atomic E-state index is 12.1. The average molecular weight is 360 g/mol. The molecule has 0 aliphatic rings. The molecule has 136 valence electrons. The molecule has 0 saturated carbocycles. The Morgan fingerprint density at radius 1 is 1.15 bits per heavy atom. The Hall–Kier alpha value is -3.14. The second-order valence-electron chi connectivity index (χ2n) is 5.39. The minimum atomic E-state index is -2.88. The number of halogens is 2. The van der Waals surface area contributed by atoms with Crippen LogP contribution in [0.25, 0.3) is 0 Å². The molecule has 1 N–H and O–H groups in total. The molecule has 26 heavy (non-hydrogen) atoms. The van der Waals surface area contributed by atoms with Crippen molar-refractivity contribution >= 4 is 11.6 Å². The zero-order chi connectivity index (χ0) is 18.8. The second kappa shape index (κ2) is 9.99. The molecule has 0 spiro atoms. The van der Waals surface area contributed by atoms with Gasteiger partial charge in [0.1, 0.15) is 11.5 Å². The molecule has 0 saturated heterocycles. The largest absolute Gasteiger partial charge is 0.493 e. The van der Waals surface area contributed by atoms with E-state index in [9.17, 15) is 13.6 Å². The maximum Gasteiger partial charge on any atom is 0.387 e. The standard InChI is InChI=1S/C19H18F2N2O3/c20-19(21)26-16-8-6-14(7-9-16)12-18(24)23-15-4-3-5-17(13-15)25-11-2-1-10-22/h3-9,13,19H,1-2,11-12H2,(H,23,24). The van der Waals surface area contributed by atoms with Crippen LogP contribution >= 0.6 is 0 Å². The highest BCUT2D eigenvalue weighted by Crippen LogP contribution is 2.19. The molecule has 0 radical (unpaired) electrons. The number of carbonyl (C=O) groups is 1. The minimum Gasteiger partial charge on any atom is -0.493 e. The molecule has 0 atom stereocenters. The Balaban J connectivity index is 1.86. The van der Waals surface area contributed by atoms with E-state index < -0.39 is 6.61 Å². The molecular formula is C19H18F2N2O3. The first kappa shape index (κ1) is 19.2. The number of nitrogens with one attached hydrogen (secondary N) is 1. The summed E-state index contributed by atoms with van der Waals surface area (Å²) >= 11 is 0. The van der Waals surface area contributed by atoms with Gasteiger partial charge >= 0.3 is 6.61 Å². The average Bonchev–Trinajstić information content (AvgIpc) is 2.60. The minimum absolute atomic E-state index is 0.0467. The number of alkyl halides is 2. The van der Waals surface area contributed by atoms with Gasteiger partial charge in [-0.1, -0.05) is 18.2 Å². The van der Waals surface area contributed by atoms with Gasteiger partial charge in [0.05, 0.1) is 19.1 Å². The van der Waals surface area contributed by atoms with E-state index in [1.807, 2.05) is 6.07 Å². The van der Waals surface area contributed by atoms with Crippen molar-refractivity contribution in [2.24, 2.45) is 0 Å². The quantitative estimate of drug-likeness (QED) is 0.682. The summed E-state index contributed by atoms with van der Waals surface area (Å²) in [6, 6.07) is 14.9. The molecule has 2 aromatic rings. The predicted octanol–water partition coefficient (Wildman–Crippen LogP) is 4.15. The van der Waals surface area contributed by atoms with E-state index in [4.69, 9.17) is 10.00 Å². The zero-order valence-corrected chi connectivity index (χ0v) is 14.0. The summed E-state index contributed by atoms with van der Waals surface area (Å²) < 4.78 is 34.0. The van der Waals surface area contributed by atoms with Crippen LogP contribution in [0.4, 0.5) is 14.5 Å². The van der Waals surface area contributed by atoms with Crippen molar-refractivity contribution in [2.75, 3.05) is 11.9 Å². The Morgan fingerprint density at radius 2 is 1.92 bits per heavy atom. The summed E-state index contributed by atoms with van der Waals surface area (Å²) in [5.41, 5.74) is 1.26. The fourth-order valence-electron chi connectivity index (χ4n) is 2.18. The third-order valence-corrected chi connectivity index (χ3v) is 3.33. The predicted molar refractivity (Wildman–Crippen MR) is 92.2 cm³/mol. The third-order valence-electron chi connectivity index (χ3n) is 3.33. The summed E-state index contributed by atoms with van der Waals surface area (Å²) in [4.78, 5) is 12.1. The van der Waals surface area contributed by atoms with Crippen molar-refractivity contribution < 1.29 is 23.0 Å². The molecule has 2 aromatic carbocycles. The number of ether oxygens (including phenoxy) is 2. The summed E-state index contributed by atoms with van der Waals surface area (Å²) in [5.74, 6) is 0.411. The van der Waals surface area contributed by atoms with Crippen LogP contribution in [0.1, 0.15) is 18.4 Å². The normalized spacial score (nSPS) is 10.2. The van der Waals surface area contributed by atoms with E-state index in [2.05, 4.69) is 10.1 Å². The van der Waals surface area contributed by atoms with Gasteiger partial charge in [0, 0.05) is 18.2 Å². The Labute approximate surface area is 150 Å².